The summed E-state index contributed by atoms with van der Waals surface area (Å²) in [7, 11) is -8.73. The Morgan fingerprint density at radius 3 is 1.91 bits per heavy atom. The maximum atomic E-state index is 12.1. The van der Waals surface area contributed by atoms with Crippen molar-refractivity contribution in [3.8, 4) is 5.69 Å². The van der Waals surface area contributed by atoms with Crippen molar-refractivity contribution in [2.45, 2.75) is 39.5 Å². The van der Waals surface area contributed by atoms with E-state index in [2.05, 4.69) is 63.9 Å². The predicted molar refractivity (Wildman–Crippen MR) is 198 cm³/mol. The normalized spacial score (nSPS) is 14.5. The number of hydrogen-bond donors (Lipinski definition) is 0. The molecule has 4 aromatic carbocycles. The second-order valence-electron chi connectivity index (χ2n) is 12.5. The summed E-state index contributed by atoms with van der Waals surface area (Å²) in [5.74, 6) is -1.55. The second kappa shape index (κ2) is 15.6. The van der Waals surface area contributed by atoms with E-state index < -0.39 is 25.6 Å². The Hall–Kier alpha value is -5.70. The number of amides is 2. The fourth-order valence-electron chi connectivity index (χ4n) is 5.82. The molecule has 1 aromatic heterocycles. The van der Waals surface area contributed by atoms with E-state index in [1.165, 1.54) is 0 Å². The predicted octanol–water partition coefficient (Wildman–Crippen LogP) is 10.1. The minimum atomic E-state index is -10.7. The van der Waals surface area contributed by atoms with Crippen molar-refractivity contribution in [1.82, 2.24) is 10.0 Å². The Morgan fingerprint density at radius 1 is 0.782 bits per heavy atom. The van der Waals surface area contributed by atoms with Gasteiger partial charge in [0.25, 0.3) is 11.8 Å². The first-order chi connectivity index (χ1) is 25.8. The summed E-state index contributed by atoms with van der Waals surface area (Å²) in [5.41, 5.74) is 8.26. The summed E-state index contributed by atoms with van der Waals surface area (Å²) in [6.07, 6.45) is 0.743. The average molecular weight is 790 g/mol. The zero-order valence-electron chi connectivity index (χ0n) is 30.1. The molecule has 11 nitrogen and oxygen atoms in total. The van der Waals surface area contributed by atoms with Crippen molar-refractivity contribution in [2.75, 3.05) is 36.5 Å². The fourth-order valence-corrected chi connectivity index (χ4v) is 5.82. The molecule has 1 aliphatic heterocycles. The van der Waals surface area contributed by atoms with E-state index in [9.17, 15) is 39.6 Å². The summed E-state index contributed by atoms with van der Waals surface area (Å²) in [5, 5.41) is 9.66. The van der Waals surface area contributed by atoms with Gasteiger partial charge in [0.15, 0.2) is 0 Å². The van der Waals surface area contributed by atoms with Gasteiger partial charge >= 0.3 is 39.0 Å². The quantitative estimate of drug-likeness (QED) is 0.0309. The summed E-state index contributed by atoms with van der Waals surface area (Å²) < 4.78 is 61.4. The van der Waals surface area contributed by atoms with Crippen molar-refractivity contribution in [1.29, 1.82) is 0 Å². The number of fused-ring (bicyclic) bond motifs is 2. The molecular formula is C37H38F6N7O4P. The first-order valence-electron chi connectivity index (χ1n) is 17.3. The Morgan fingerprint density at radius 2 is 1.31 bits per heavy atom. The van der Waals surface area contributed by atoms with Crippen LogP contribution < -0.4 is 14.4 Å². The molecule has 1 saturated heterocycles. The SMILES string of the molecule is CCN(CC)c1ccc2nc3ccc(N=Nc4ccc(N(C)CCCC(=O)ON5C(=O)CCC5=O)cc4)cc3[n+](-c3ccccc3)c2c1.F[P-](F)(F)(F)(F)F. The van der Waals surface area contributed by atoms with Gasteiger partial charge in [-0.15, -0.1) is 9.63 Å². The number of hydroxylamine groups is 2. The molecule has 0 aliphatic carbocycles. The molecule has 0 bridgehead atoms. The molecule has 0 radical (unpaired) electrons. The van der Waals surface area contributed by atoms with Crippen LogP contribution in [0.25, 0.3) is 27.8 Å². The molecule has 0 N–H and O–H groups in total. The summed E-state index contributed by atoms with van der Waals surface area (Å²) in [4.78, 5) is 49.7. The van der Waals surface area contributed by atoms with Crippen molar-refractivity contribution >= 4 is 70.4 Å². The molecule has 0 atom stereocenters. The van der Waals surface area contributed by atoms with E-state index in [-0.39, 0.29) is 19.3 Å². The van der Waals surface area contributed by atoms with Crippen LogP contribution in [-0.4, -0.2) is 54.5 Å². The van der Waals surface area contributed by atoms with Gasteiger partial charge in [-0.25, -0.2) is 9.78 Å². The van der Waals surface area contributed by atoms with Crippen LogP contribution in [0, 0.1) is 0 Å². The number of halogens is 6. The van der Waals surface area contributed by atoms with Gasteiger partial charge in [0.2, 0.25) is 16.7 Å². The van der Waals surface area contributed by atoms with Gasteiger partial charge in [0.1, 0.15) is 11.0 Å². The monoisotopic (exact) mass is 789 g/mol. The molecule has 2 heterocycles. The standard InChI is InChI=1S/C37H38N7O4.F6P/c1-4-42(5-2)30-18-20-32-34(25-30)43(29-10-7-6-8-11-29)33-24-27(15-19-31(33)38-32)40-39-26-13-16-28(17-14-26)41(3)23-9-12-37(47)48-44-35(45)21-22-36(44)46;1-7(2,3,4,5)6/h6-8,10-11,13-20,24-25H,4-5,9,12,21-23H2,1-3H3;/q+1;-1. The van der Waals surface area contributed by atoms with Crippen LogP contribution in [0.5, 0.6) is 0 Å². The van der Waals surface area contributed by atoms with Crippen LogP contribution in [0.3, 0.4) is 0 Å². The Kier molecular flexibility index (Phi) is 11.5. The average Bonchev–Trinajstić information content (AvgIpc) is 3.44. The molecule has 5 aromatic rings. The van der Waals surface area contributed by atoms with Crippen molar-refractivity contribution < 1.29 is 49.0 Å². The van der Waals surface area contributed by atoms with Crippen molar-refractivity contribution in [3.63, 3.8) is 0 Å². The number of nitrogens with zero attached hydrogens (tertiary/aromatic N) is 7. The number of aromatic nitrogens is 2. The molecule has 2 amide bonds. The third-order valence-corrected chi connectivity index (χ3v) is 8.43. The number of anilines is 2. The first-order valence-corrected chi connectivity index (χ1v) is 19.3. The van der Waals surface area contributed by atoms with Crippen LogP contribution in [0.2, 0.25) is 0 Å². The summed E-state index contributed by atoms with van der Waals surface area (Å²) in [6, 6.07) is 30.3. The number of benzene rings is 4. The molecule has 0 spiro atoms. The fraction of sp³-hybridized carbons (Fsp3) is 0.270. The molecule has 18 heteroatoms. The Bertz CT molecular complexity index is 2210. The van der Waals surface area contributed by atoms with Gasteiger partial charge in [-0.2, -0.15) is 10.2 Å². The molecule has 55 heavy (non-hydrogen) atoms. The van der Waals surface area contributed by atoms with Gasteiger partial charge in [0, 0.05) is 81.6 Å². The van der Waals surface area contributed by atoms with E-state index in [1.807, 2.05) is 72.6 Å². The number of imide groups is 1. The first kappa shape index (κ1) is 40.5. The third-order valence-electron chi connectivity index (χ3n) is 8.43. The maximum absolute atomic E-state index is 12.1. The molecule has 1 fully saturated rings. The van der Waals surface area contributed by atoms with Crippen LogP contribution in [0.4, 0.5) is 47.9 Å². The van der Waals surface area contributed by atoms with E-state index in [0.29, 0.717) is 29.4 Å². The van der Waals surface area contributed by atoms with E-state index >= 15 is 0 Å². The van der Waals surface area contributed by atoms with Crippen LogP contribution in [0.15, 0.2) is 101 Å². The molecule has 1 aliphatic rings. The zero-order chi connectivity index (χ0) is 40.0. The number of azo groups is 1. The van der Waals surface area contributed by atoms with Crippen molar-refractivity contribution in [2.24, 2.45) is 10.2 Å². The van der Waals surface area contributed by atoms with Gasteiger partial charge in [-0.3, -0.25) is 9.59 Å². The third kappa shape index (κ3) is 11.6. The molecule has 0 saturated carbocycles. The molecular weight excluding hydrogens is 751 g/mol. The van der Waals surface area contributed by atoms with E-state index in [1.54, 1.807) is 0 Å². The van der Waals surface area contributed by atoms with Gasteiger partial charge in [-0.1, -0.05) is 18.2 Å². The van der Waals surface area contributed by atoms with Crippen LogP contribution in [-0.2, 0) is 19.2 Å². The van der Waals surface area contributed by atoms with Gasteiger partial charge in [-0.05, 0) is 68.8 Å². The van der Waals surface area contributed by atoms with Gasteiger partial charge < -0.3 is 14.6 Å². The van der Waals surface area contributed by atoms with Crippen LogP contribution >= 0.6 is 7.81 Å². The molecule has 6 rings (SSSR count). The molecule has 292 valence electrons. The number of para-hydroxylation sites is 1. The molecule has 0 unspecified atom stereocenters. The summed E-state index contributed by atoms with van der Waals surface area (Å²) >= 11 is 0. The van der Waals surface area contributed by atoms with Crippen LogP contribution in [0.1, 0.15) is 39.5 Å². The Labute approximate surface area is 312 Å². The Balaban J connectivity index is 0.000000757. The van der Waals surface area contributed by atoms with Gasteiger partial charge in [0.05, 0.1) is 11.4 Å². The number of rotatable bonds is 12. The number of carbonyl (C=O) groups excluding carboxylic acids is 3. The van der Waals surface area contributed by atoms with E-state index in [4.69, 9.17) is 9.82 Å². The number of carbonyl (C=O) groups is 3. The van der Waals surface area contributed by atoms with Crippen molar-refractivity contribution in [3.05, 3.63) is 91.0 Å². The summed E-state index contributed by atoms with van der Waals surface area (Å²) in [6.45, 7) is 6.73. The van der Waals surface area contributed by atoms with E-state index in [0.717, 1.165) is 52.2 Å². The zero-order valence-corrected chi connectivity index (χ0v) is 31.0. The topological polar surface area (TPSA) is 112 Å². The second-order valence-corrected chi connectivity index (χ2v) is 14.5. The number of hydrogen-bond acceptors (Lipinski definition) is 9. The minimum absolute atomic E-state index is 0.0773.